The van der Waals surface area contributed by atoms with Crippen LogP contribution in [0.3, 0.4) is 0 Å². The van der Waals surface area contributed by atoms with Gasteiger partial charge in [0.15, 0.2) is 11.5 Å². The van der Waals surface area contributed by atoms with Crippen LogP contribution in [0.5, 0.6) is 11.5 Å². The van der Waals surface area contributed by atoms with Gasteiger partial charge < -0.3 is 15.6 Å². The summed E-state index contributed by atoms with van der Waals surface area (Å²) in [5, 5.41) is 9.72. The molecule has 0 heterocycles. The summed E-state index contributed by atoms with van der Waals surface area (Å²) >= 11 is 3.49. The van der Waals surface area contributed by atoms with Crippen molar-refractivity contribution >= 4 is 15.9 Å². The SMILES string of the molecule is COc1cc(Br)c(C2(CN)CC2)cc1O. The second-order valence-electron chi connectivity index (χ2n) is 3.99. The second kappa shape index (κ2) is 3.68. The quantitative estimate of drug-likeness (QED) is 0.886. The van der Waals surface area contributed by atoms with Crippen LogP contribution < -0.4 is 10.5 Å². The molecule has 82 valence electrons. The first-order valence-corrected chi connectivity index (χ1v) is 5.69. The molecule has 4 heteroatoms. The third-order valence-corrected chi connectivity index (χ3v) is 3.74. The van der Waals surface area contributed by atoms with Crippen LogP contribution in [0.4, 0.5) is 0 Å². The molecule has 2 rings (SSSR count). The number of ether oxygens (including phenoxy) is 1. The molecule has 0 saturated heterocycles. The van der Waals surface area contributed by atoms with Crippen molar-refractivity contribution in [3.8, 4) is 11.5 Å². The van der Waals surface area contributed by atoms with Crippen molar-refractivity contribution in [1.29, 1.82) is 0 Å². The Bertz CT molecular complexity index is 388. The van der Waals surface area contributed by atoms with Crippen LogP contribution in [0.1, 0.15) is 18.4 Å². The van der Waals surface area contributed by atoms with Gasteiger partial charge in [0.05, 0.1) is 7.11 Å². The summed E-state index contributed by atoms with van der Waals surface area (Å²) in [5.74, 6) is 0.661. The van der Waals surface area contributed by atoms with E-state index in [9.17, 15) is 5.11 Å². The van der Waals surface area contributed by atoms with Crippen LogP contribution in [-0.4, -0.2) is 18.8 Å². The highest BCUT2D eigenvalue weighted by atomic mass is 79.9. The smallest absolute Gasteiger partial charge is 0.161 e. The number of methoxy groups -OCH3 is 1. The number of hydrogen-bond acceptors (Lipinski definition) is 3. The zero-order valence-electron chi connectivity index (χ0n) is 8.59. The molecule has 1 aliphatic rings. The van der Waals surface area contributed by atoms with Crippen LogP contribution in [0.25, 0.3) is 0 Å². The van der Waals surface area contributed by atoms with Gasteiger partial charge in [-0.25, -0.2) is 0 Å². The first-order valence-electron chi connectivity index (χ1n) is 4.90. The maximum atomic E-state index is 9.72. The molecule has 1 aliphatic carbocycles. The Labute approximate surface area is 97.4 Å². The maximum Gasteiger partial charge on any atom is 0.161 e. The van der Waals surface area contributed by atoms with E-state index in [2.05, 4.69) is 15.9 Å². The molecular weight excluding hydrogens is 258 g/mol. The molecule has 0 unspecified atom stereocenters. The average Bonchev–Trinajstić information content (AvgIpc) is 3.01. The molecule has 0 aromatic heterocycles. The monoisotopic (exact) mass is 271 g/mol. The normalized spacial score (nSPS) is 17.5. The lowest BCUT2D eigenvalue weighted by Crippen LogP contribution is -2.20. The van der Waals surface area contributed by atoms with Crippen LogP contribution in [0.2, 0.25) is 0 Å². The number of benzene rings is 1. The molecule has 0 bridgehead atoms. The molecule has 0 amide bonds. The maximum absolute atomic E-state index is 9.72. The average molecular weight is 272 g/mol. The highest BCUT2D eigenvalue weighted by Gasteiger charge is 2.44. The molecule has 0 aliphatic heterocycles. The minimum atomic E-state index is 0.0720. The van der Waals surface area contributed by atoms with Crippen LogP contribution in [0, 0.1) is 0 Å². The Morgan fingerprint density at radius 2 is 2.20 bits per heavy atom. The Hall–Kier alpha value is -0.740. The Morgan fingerprint density at radius 3 is 2.67 bits per heavy atom. The molecule has 1 aromatic carbocycles. The number of nitrogens with two attached hydrogens (primary N) is 1. The molecule has 3 N–H and O–H groups in total. The number of rotatable bonds is 3. The van der Waals surface area contributed by atoms with Gasteiger partial charge in [0.25, 0.3) is 0 Å². The van der Waals surface area contributed by atoms with Crippen molar-refractivity contribution in [2.75, 3.05) is 13.7 Å². The van der Waals surface area contributed by atoms with Gasteiger partial charge in [-0.1, -0.05) is 15.9 Å². The van der Waals surface area contributed by atoms with Gasteiger partial charge in [-0.2, -0.15) is 0 Å². The summed E-state index contributed by atoms with van der Waals surface area (Å²) in [5.41, 5.74) is 6.92. The van der Waals surface area contributed by atoms with E-state index >= 15 is 0 Å². The Morgan fingerprint density at radius 1 is 1.53 bits per heavy atom. The molecule has 0 atom stereocenters. The van der Waals surface area contributed by atoms with Gasteiger partial charge in [0.1, 0.15) is 0 Å². The zero-order valence-corrected chi connectivity index (χ0v) is 10.2. The molecule has 0 radical (unpaired) electrons. The van der Waals surface area contributed by atoms with Crippen molar-refractivity contribution in [1.82, 2.24) is 0 Å². The van der Waals surface area contributed by atoms with Crippen LogP contribution >= 0.6 is 15.9 Å². The van der Waals surface area contributed by atoms with E-state index in [1.165, 1.54) is 7.11 Å². The molecule has 1 fully saturated rings. The third kappa shape index (κ3) is 1.72. The van der Waals surface area contributed by atoms with E-state index in [1.54, 1.807) is 12.1 Å². The van der Waals surface area contributed by atoms with Gasteiger partial charge in [-0.15, -0.1) is 0 Å². The first-order chi connectivity index (χ1) is 7.13. The standard InChI is InChI=1S/C11H14BrNO2/c1-15-10-5-8(12)7(4-9(10)14)11(6-13)2-3-11/h4-5,14H,2-3,6,13H2,1H3. The highest BCUT2D eigenvalue weighted by molar-refractivity contribution is 9.10. The highest BCUT2D eigenvalue weighted by Crippen LogP contribution is 2.51. The second-order valence-corrected chi connectivity index (χ2v) is 4.84. The van der Waals surface area contributed by atoms with Crippen molar-refractivity contribution < 1.29 is 9.84 Å². The number of hydrogen-bond donors (Lipinski definition) is 2. The lowest BCUT2D eigenvalue weighted by atomic mass is 9.96. The lowest BCUT2D eigenvalue weighted by molar-refractivity contribution is 0.372. The first kappa shape index (κ1) is 10.8. The Balaban J connectivity index is 2.45. The van der Waals surface area contributed by atoms with E-state index in [-0.39, 0.29) is 11.2 Å². The van der Waals surface area contributed by atoms with Crippen molar-refractivity contribution in [2.24, 2.45) is 5.73 Å². The summed E-state index contributed by atoms with van der Waals surface area (Å²) in [7, 11) is 1.54. The Kier molecular flexibility index (Phi) is 2.64. The van der Waals surface area contributed by atoms with Crippen LogP contribution in [0.15, 0.2) is 16.6 Å². The molecular formula is C11H14BrNO2. The fraction of sp³-hybridized carbons (Fsp3) is 0.455. The fourth-order valence-electron chi connectivity index (χ4n) is 1.85. The largest absolute Gasteiger partial charge is 0.504 e. The number of aromatic hydroxyl groups is 1. The zero-order chi connectivity index (χ0) is 11.1. The van der Waals surface area contributed by atoms with Gasteiger partial charge in [-0.3, -0.25) is 0 Å². The number of phenols is 1. The van der Waals surface area contributed by atoms with Crippen molar-refractivity contribution in [3.05, 3.63) is 22.2 Å². The van der Waals surface area contributed by atoms with Gasteiger partial charge in [0.2, 0.25) is 0 Å². The molecule has 1 saturated carbocycles. The predicted octanol–water partition coefficient (Wildman–Crippen LogP) is 2.15. The van der Waals surface area contributed by atoms with Gasteiger partial charge >= 0.3 is 0 Å². The van der Waals surface area contributed by atoms with Gasteiger partial charge in [0, 0.05) is 16.4 Å². The topological polar surface area (TPSA) is 55.5 Å². The lowest BCUT2D eigenvalue weighted by Gasteiger charge is -2.16. The molecule has 3 nitrogen and oxygen atoms in total. The minimum Gasteiger partial charge on any atom is -0.504 e. The van der Waals surface area contributed by atoms with E-state index in [1.807, 2.05) is 0 Å². The van der Waals surface area contributed by atoms with E-state index in [0.29, 0.717) is 12.3 Å². The summed E-state index contributed by atoms with van der Waals surface area (Å²) in [4.78, 5) is 0. The summed E-state index contributed by atoms with van der Waals surface area (Å²) in [6, 6.07) is 3.54. The third-order valence-electron chi connectivity index (χ3n) is 3.08. The van der Waals surface area contributed by atoms with Crippen molar-refractivity contribution in [3.63, 3.8) is 0 Å². The van der Waals surface area contributed by atoms with Crippen LogP contribution in [-0.2, 0) is 5.41 Å². The molecule has 0 spiro atoms. The van der Waals surface area contributed by atoms with E-state index < -0.39 is 0 Å². The van der Waals surface area contributed by atoms with Gasteiger partial charge in [-0.05, 0) is 30.5 Å². The predicted molar refractivity (Wildman–Crippen MR) is 62.3 cm³/mol. The fourth-order valence-corrected chi connectivity index (χ4v) is 2.59. The minimum absolute atomic E-state index is 0.0720. The van der Waals surface area contributed by atoms with E-state index in [0.717, 1.165) is 22.9 Å². The number of phenolic OH excluding ortho intramolecular Hbond substituents is 1. The molecule has 15 heavy (non-hydrogen) atoms. The summed E-state index contributed by atoms with van der Waals surface area (Å²) in [6.45, 7) is 0.622. The van der Waals surface area contributed by atoms with E-state index in [4.69, 9.17) is 10.5 Å². The summed E-state index contributed by atoms with van der Waals surface area (Å²) in [6.07, 6.45) is 2.18. The van der Waals surface area contributed by atoms with Crippen molar-refractivity contribution in [2.45, 2.75) is 18.3 Å². The summed E-state index contributed by atoms with van der Waals surface area (Å²) < 4.78 is 5.99. The molecule has 1 aromatic rings. The number of halogens is 1.